The summed E-state index contributed by atoms with van der Waals surface area (Å²) >= 11 is 0. The van der Waals surface area contributed by atoms with Crippen LogP contribution in [0.2, 0.25) is 0 Å². The lowest BCUT2D eigenvalue weighted by molar-refractivity contribution is -0.139. The summed E-state index contributed by atoms with van der Waals surface area (Å²) in [5.41, 5.74) is 5.53. The van der Waals surface area contributed by atoms with Crippen LogP contribution in [0.4, 0.5) is 0 Å². The van der Waals surface area contributed by atoms with Gasteiger partial charge in [0.2, 0.25) is 0 Å². The largest absolute Gasteiger partial charge is 0.469 e. The average molecular weight is 292 g/mol. The highest BCUT2D eigenvalue weighted by atomic mass is 16.5. The van der Waals surface area contributed by atoms with Gasteiger partial charge in [0.1, 0.15) is 0 Å². The number of aryl methyl sites for hydroxylation is 2. The molecule has 0 heterocycles. The molecule has 0 bridgehead atoms. The van der Waals surface area contributed by atoms with E-state index in [0.29, 0.717) is 6.42 Å². The Bertz CT molecular complexity index is 716. The van der Waals surface area contributed by atoms with Crippen molar-refractivity contribution in [3.63, 3.8) is 0 Å². The zero-order valence-electron chi connectivity index (χ0n) is 13.3. The fourth-order valence-electron chi connectivity index (χ4n) is 2.26. The molecule has 2 rings (SSSR count). The molecule has 0 atom stereocenters. The molecule has 2 aromatic carbocycles. The molecule has 0 saturated heterocycles. The van der Waals surface area contributed by atoms with Crippen molar-refractivity contribution >= 4 is 5.97 Å². The van der Waals surface area contributed by atoms with Crippen molar-refractivity contribution < 1.29 is 9.53 Å². The molecule has 0 fully saturated rings. The van der Waals surface area contributed by atoms with Gasteiger partial charge in [-0.25, -0.2) is 0 Å². The second-order valence-electron chi connectivity index (χ2n) is 5.19. The predicted molar refractivity (Wildman–Crippen MR) is 88.7 cm³/mol. The molecule has 0 saturated carbocycles. The van der Waals surface area contributed by atoms with Crippen LogP contribution >= 0.6 is 0 Å². The second-order valence-corrected chi connectivity index (χ2v) is 5.19. The van der Waals surface area contributed by atoms with Gasteiger partial charge in [-0.2, -0.15) is 0 Å². The third-order valence-electron chi connectivity index (χ3n) is 3.60. The molecule has 2 nitrogen and oxygen atoms in total. The molecule has 0 unspecified atom stereocenters. The van der Waals surface area contributed by atoms with Crippen LogP contribution in [0.25, 0.3) is 0 Å². The van der Waals surface area contributed by atoms with Gasteiger partial charge in [-0.1, -0.05) is 37.0 Å². The quantitative estimate of drug-likeness (QED) is 0.637. The Morgan fingerprint density at radius 1 is 1.05 bits per heavy atom. The molecule has 22 heavy (non-hydrogen) atoms. The molecule has 0 aromatic heterocycles. The zero-order chi connectivity index (χ0) is 15.9. The van der Waals surface area contributed by atoms with E-state index in [2.05, 4.69) is 48.6 Å². The normalized spacial score (nSPS) is 9.77. The Labute approximate surface area is 132 Å². The number of carbonyl (C=O) groups excluding carboxylic acids is 1. The summed E-state index contributed by atoms with van der Waals surface area (Å²) in [6.07, 6.45) is 1.34. The van der Waals surface area contributed by atoms with Crippen LogP contribution in [0.3, 0.4) is 0 Å². The molecule has 112 valence electrons. The smallest absolute Gasteiger partial charge is 0.309 e. The van der Waals surface area contributed by atoms with Crippen LogP contribution in [-0.4, -0.2) is 13.1 Å². The lowest BCUT2D eigenvalue weighted by atomic mass is 10.0. The van der Waals surface area contributed by atoms with Crippen molar-refractivity contribution in [3.8, 4) is 11.8 Å². The average Bonchev–Trinajstić information content (AvgIpc) is 2.54. The number of hydrogen-bond donors (Lipinski definition) is 0. The van der Waals surface area contributed by atoms with Crippen molar-refractivity contribution in [2.24, 2.45) is 0 Å². The molecular formula is C20H20O2. The summed E-state index contributed by atoms with van der Waals surface area (Å²) in [6.45, 7) is 4.27. The minimum atomic E-state index is -0.231. The zero-order valence-corrected chi connectivity index (χ0v) is 13.3. The third-order valence-corrected chi connectivity index (χ3v) is 3.60. The molecule has 0 N–H and O–H groups in total. The minimum absolute atomic E-state index is 0.231. The molecule has 0 aliphatic heterocycles. The van der Waals surface area contributed by atoms with E-state index in [1.807, 2.05) is 24.3 Å². The van der Waals surface area contributed by atoms with E-state index in [1.54, 1.807) is 0 Å². The molecule has 0 radical (unpaired) electrons. The van der Waals surface area contributed by atoms with Gasteiger partial charge in [0.05, 0.1) is 13.5 Å². The molecule has 2 heteroatoms. The highest BCUT2D eigenvalue weighted by molar-refractivity contribution is 5.72. The number of methoxy groups -OCH3 is 1. The molecule has 0 amide bonds. The Balaban J connectivity index is 2.11. The van der Waals surface area contributed by atoms with Gasteiger partial charge in [-0.3, -0.25) is 4.79 Å². The van der Waals surface area contributed by atoms with E-state index < -0.39 is 0 Å². The van der Waals surface area contributed by atoms with Gasteiger partial charge in [0.25, 0.3) is 0 Å². The number of hydrogen-bond acceptors (Lipinski definition) is 2. The van der Waals surface area contributed by atoms with Crippen LogP contribution in [0, 0.1) is 18.8 Å². The highest BCUT2D eigenvalue weighted by Gasteiger charge is 2.01. The van der Waals surface area contributed by atoms with E-state index >= 15 is 0 Å². The molecule has 0 aliphatic carbocycles. The second kappa shape index (κ2) is 7.47. The van der Waals surface area contributed by atoms with Gasteiger partial charge in [0.15, 0.2) is 0 Å². The summed E-state index contributed by atoms with van der Waals surface area (Å²) in [7, 11) is 1.40. The minimum Gasteiger partial charge on any atom is -0.469 e. The number of rotatable bonds is 3. The van der Waals surface area contributed by atoms with Crippen molar-refractivity contribution in [3.05, 3.63) is 70.3 Å². The number of carbonyl (C=O) groups is 1. The summed E-state index contributed by atoms with van der Waals surface area (Å²) in [6, 6.07) is 14.0. The molecule has 0 aliphatic rings. The van der Waals surface area contributed by atoms with Crippen molar-refractivity contribution in [2.45, 2.75) is 26.7 Å². The van der Waals surface area contributed by atoms with Crippen LogP contribution in [0.1, 0.15) is 34.7 Å². The lowest BCUT2D eigenvalue weighted by Gasteiger charge is -2.02. The first-order valence-electron chi connectivity index (χ1n) is 7.39. The summed E-state index contributed by atoms with van der Waals surface area (Å²) in [5.74, 6) is 6.11. The summed E-state index contributed by atoms with van der Waals surface area (Å²) in [5, 5.41) is 0. The van der Waals surface area contributed by atoms with Crippen molar-refractivity contribution in [1.82, 2.24) is 0 Å². The van der Waals surface area contributed by atoms with Crippen molar-refractivity contribution in [2.75, 3.05) is 7.11 Å². The SMILES string of the molecule is CCc1ccc(C#Cc2ccc(CC(=O)OC)cc2)cc1C. The standard InChI is InChI=1S/C20H20O2/c1-4-19-12-11-17(13-15(19)2)8-5-16-6-9-18(10-7-16)14-20(21)22-3/h6-7,9-13H,4,14H2,1-3H3. The maximum atomic E-state index is 11.2. The molecular weight excluding hydrogens is 272 g/mol. The maximum absolute atomic E-state index is 11.2. The van der Waals surface area contributed by atoms with Crippen molar-refractivity contribution in [1.29, 1.82) is 0 Å². The maximum Gasteiger partial charge on any atom is 0.309 e. The highest BCUT2D eigenvalue weighted by Crippen LogP contribution is 2.11. The fraction of sp³-hybridized carbons (Fsp3) is 0.250. The number of benzene rings is 2. The van der Waals surface area contributed by atoms with Crippen LogP contribution in [0.15, 0.2) is 42.5 Å². The van der Waals surface area contributed by atoms with E-state index in [4.69, 9.17) is 0 Å². The van der Waals surface area contributed by atoms with Gasteiger partial charge < -0.3 is 4.74 Å². The topological polar surface area (TPSA) is 26.3 Å². The predicted octanol–water partition coefficient (Wildman–Crippen LogP) is 3.67. The third kappa shape index (κ3) is 4.23. The van der Waals surface area contributed by atoms with Gasteiger partial charge in [-0.15, -0.1) is 0 Å². The monoisotopic (exact) mass is 292 g/mol. The number of esters is 1. The van der Waals surface area contributed by atoms with Crippen LogP contribution < -0.4 is 0 Å². The Kier molecular flexibility index (Phi) is 5.38. The fourth-order valence-corrected chi connectivity index (χ4v) is 2.26. The van der Waals surface area contributed by atoms with E-state index in [9.17, 15) is 4.79 Å². The first-order valence-corrected chi connectivity index (χ1v) is 7.39. The Morgan fingerprint density at radius 3 is 2.27 bits per heavy atom. The number of ether oxygens (including phenoxy) is 1. The van der Waals surface area contributed by atoms with Gasteiger partial charge >= 0.3 is 5.97 Å². The summed E-state index contributed by atoms with van der Waals surface area (Å²) in [4.78, 5) is 11.2. The van der Waals surface area contributed by atoms with E-state index in [0.717, 1.165) is 23.1 Å². The first-order chi connectivity index (χ1) is 10.6. The van der Waals surface area contributed by atoms with Crippen LogP contribution in [-0.2, 0) is 22.4 Å². The molecule has 0 spiro atoms. The van der Waals surface area contributed by atoms with Crippen LogP contribution in [0.5, 0.6) is 0 Å². The first kappa shape index (κ1) is 15.9. The summed E-state index contributed by atoms with van der Waals surface area (Å²) < 4.78 is 4.65. The Morgan fingerprint density at radius 2 is 1.68 bits per heavy atom. The Hall–Kier alpha value is -2.53. The molecule has 2 aromatic rings. The van der Waals surface area contributed by atoms with E-state index in [-0.39, 0.29) is 5.97 Å². The van der Waals surface area contributed by atoms with E-state index in [1.165, 1.54) is 18.2 Å². The lowest BCUT2D eigenvalue weighted by Crippen LogP contribution is -2.04. The van der Waals surface area contributed by atoms with Gasteiger partial charge in [-0.05, 0) is 54.3 Å². The van der Waals surface area contributed by atoms with Gasteiger partial charge in [0, 0.05) is 11.1 Å².